The molecular weight excluding hydrogens is 224 g/mol. The molecule has 0 amide bonds. The highest BCUT2D eigenvalue weighted by Crippen LogP contribution is 2.27. The second-order valence-electron chi connectivity index (χ2n) is 2.46. The van der Waals surface area contributed by atoms with Gasteiger partial charge in [0.05, 0.1) is 11.7 Å². The van der Waals surface area contributed by atoms with Crippen LogP contribution in [0.2, 0.25) is 5.15 Å². The van der Waals surface area contributed by atoms with Gasteiger partial charge in [0.15, 0.2) is 0 Å². The van der Waals surface area contributed by atoms with Crippen molar-refractivity contribution in [1.29, 1.82) is 0 Å². The average molecular weight is 229 g/mol. The standard InChI is InChI=1S/C8H5ClN2O2S/c9-7-8(11-14-10-7)13-6-3-1-5(12)2-4-6/h1-4,12H. The molecule has 0 saturated heterocycles. The summed E-state index contributed by atoms with van der Waals surface area (Å²) >= 11 is 6.67. The fourth-order valence-corrected chi connectivity index (χ4v) is 1.47. The Morgan fingerprint density at radius 2 is 1.93 bits per heavy atom. The number of nitrogens with zero attached hydrogens (tertiary/aromatic N) is 2. The Bertz CT molecular complexity index is 429. The molecule has 72 valence electrons. The molecule has 0 aliphatic carbocycles. The van der Waals surface area contributed by atoms with Crippen LogP contribution >= 0.6 is 23.3 Å². The first kappa shape index (κ1) is 9.23. The van der Waals surface area contributed by atoms with Crippen LogP contribution in [0, 0.1) is 0 Å². The van der Waals surface area contributed by atoms with Crippen molar-refractivity contribution < 1.29 is 9.84 Å². The van der Waals surface area contributed by atoms with E-state index in [4.69, 9.17) is 21.4 Å². The topological polar surface area (TPSA) is 55.2 Å². The number of ether oxygens (including phenoxy) is 1. The predicted molar refractivity (Wildman–Crippen MR) is 53.1 cm³/mol. The number of benzene rings is 1. The Balaban J connectivity index is 2.19. The average Bonchev–Trinajstić information content (AvgIpc) is 2.56. The zero-order valence-corrected chi connectivity index (χ0v) is 8.42. The highest BCUT2D eigenvalue weighted by atomic mass is 35.5. The maximum Gasteiger partial charge on any atom is 0.270 e. The normalized spacial score (nSPS) is 10.1. The second-order valence-corrected chi connectivity index (χ2v) is 3.34. The summed E-state index contributed by atoms with van der Waals surface area (Å²) in [5, 5.41) is 9.27. The van der Waals surface area contributed by atoms with Gasteiger partial charge < -0.3 is 9.84 Å². The summed E-state index contributed by atoms with van der Waals surface area (Å²) < 4.78 is 12.9. The van der Waals surface area contributed by atoms with E-state index in [0.717, 1.165) is 11.7 Å². The number of phenolic OH excluding ortho intramolecular Hbond substituents is 1. The van der Waals surface area contributed by atoms with Gasteiger partial charge in [-0.3, -0.25) is 0 Å². The fraction of sp³-hybridized carbons (Fsp3) is 0. The van der Waals surface area contributed by atoms with Crippen LogP contribution in [0.4, 0.5) is 0 Å². The van der Waals surface area contributed by atoms with Gasteiger partial charge in [-0.15, -0.1) is 4.37 Å². The van der Waals surface area contributed by atoms with E-state index in [0.29, 0.717) is 5.75 Å². The molecular formula is C8H5ClN2O2S. The van der Waals surface area contributed by atoms with Gasteiger partial charge in [0.25, 0.3) is 5.88 Å². The van der Waals surface area contributed by atoms with E-state index in [2.05, 4.69) is 8.75 Å². The van der Waals surface area contributed by atoms with Gasteiger partial charge in [-0.1, -0.05) is 11.6 Å². The molecule has 0 aliphatic heterocycles. The molecule has 0 fully saturated rings. The van der Waals surface area contributed by atoms with Gasteiger partial charge >= 0.3 is 0 Å². The van der Waals surface area contributed by atoms with E-state index in [1.807, 2.05) is 0 Å². The SMILES string of the molecule is Oc1ccc(Oc2nsnc2Cl)cc1. The van der Waals surface area contributed by atoms with Crippen LogP contribution in [0.1, 0.15) is 0 Å². The summed E-state index contributed by atoms with van der Waals surface area (Å²) in [7, 11) is 0. The van der Waals surface area contributed by atoms with Crippen LogP contribution in [0.15, 0.2) is 24.3 Å². The van der Waals surface area contributed by atoms with E-state index >= 15 is 0 Å². The molecule has 14 heavy (non-hydrogen) atoms. The number of hydrogen-bond donors (Lipinski definition) is 1. The van der Waals surface area contributed by atoms with Gasteiger partial charge in [0.1, 0.15) is 11.5 Å². The maximum atomic E-state index is 9.03. The van der Waals surface area contributed by atoms with E-state index in [1.54, 1.807) is 12.1 Å². The van der Waals surface area contributed by atoms with Gasteiger partial charge in [-0.05, 0) is 24.3 Å². The minimum Gasteiger partial charge on any atom is -0.508 e. The fourth-order valence-electron chi connectivity index (χ4n) is 0.857. The minimum absolute atomic E-state index is 0.180. The third kappa shape index (κ3) is 1.94. The minimum atomic E-state index is 0.180. The summed E-state index contributed by atoms with van der Waals surface area (Å²) in [6.07, 6.45) is 0. The monoisotopic (exact) mass is 228 g/mol. The largest absolute Gasteiger partial charge is 0.508 e. The van der Waals surface area contributed by atoms with E-state index in [9.17, 15) is 0 Å². The van der Waals surface area contributed by atoms with Crippen LogP contribution < -0.4 is 4.74 Å². The quantitative estimate of drug-likeness (QED) is 0.859. The number of halogens is 1. The van der Waals surface area contributed by atoms with E-state index in [1.165, 1.54) is 12.1 Å². The highest BCUT2D eigenvalue weighted by Gasteiger charge is 2.07. The van der Waals surface area contributed by atoms with Crippen molar-refractivity contribution in [2.24, 2.45) is 0 Å². The molecule has 1 N–H and O–H groups in total. The first-order valence-corrected chi connectivity index (χ1v) is 4.81. The Labute approximate surface area is 89.1 Å². The smallest absolute Gasteiger partial charge is 0.270 e. The van der Waals surface area contributed by atoms with Crippen LogP contribution in [0.5, 0.6) is 17.4 Å². The number of phenols is 1. The van der Waals surface area contributed by atoms with Gasteiger partial charge in [-0.2, -0.15) is 4.37 Å². The van der Waals surface area contributed by atoms with Gasteiger partial charge in [-0.25, -0.2) is 0 Å². The molecule has 2 rings (SSSR count). The molecule has 4 nitrogen and oxygen atoms in total. The molecule has 0 radical (unpaired) electrons. The summed E-state index contributed by atoms with van der Waals surface area (Å²) in [6.45, 7) is 0. The molecule has 0 aliphatic rings. The summed E-state index contributed by atoms with van der Waals surface area (Å²) in [4.78, 5) is 0. The Hall–Kier alpha value is -1.33. The maximum absolute atomic E-state index is 9.03. The van der Waals surface area contributed by atoms with Crippen molar-refractivity contribution in [1.82, 2.24) is 8.75 Å². The van der Waals surface area contributed by atoms with Crippen LogP contribution in [0.3, 0.4) is 0 Å². The molecule has 0 spiro atoms. The molecule has 0 unspecified atom stereocenters. The lowest BCUT2D eigenvalue weighted by Crippen LogP contribution is -1.83. The molecule has 2 aromatic rings. The van der Waals surface area contributed by atoms with Crippen molar-refractivity contribution in [3.05, 3.63) is 29.4 Å². The number of hydrogen-bond acceptors (Lipinski definition) is 5. The van der Waals surface area contributed by atoms with Crippen molar-refractivity contribution in [2.45, 2.75) is 0 Å². The van der Waals surface area contributed by atoms with Crippen LogP contribution in [-0.2, 0) is 0 Å². The van der Waals surface area contributed by atoms with Gasteiger partial charge in [0, 0.05) is 0 Å². The summed E-state index contributed by atoms with van der Waals surface area (Å²) in [5.41, 5.74) is 0. The lowest BCUT2D eigenvalue weighted by Gasteiger charge is -2.01. The van der Waals surface area contributed by atoms with Crippen molar-refractivity contribution in [3.8, 4) is 17.4 Å². The Morgan fingerprint density at radius 1 is 1.21 bits per heavy atom. The Morgan fingerprint density at radius 3 is 2.50 bits per heavy atom. The third-order valence-corrected chi connectivity index (χ3v) is 2.33. The number of rotatable bonds is 2. The van der Waals surface area contributed by atoms with Crippen molar-refractivity contribution in [3.63, 3.8) is 0 Å². The van der Waals surface area contributed by atoms with Gasteiger partial charge in [0.2, 0.25) is 5.15 Å². The second kappa shape index (κ2) is 3.81. The van der Waals surface area contributed by atoms with E-state index < -0.39 is 0 Å². The van der Waals surface area contributed by atoms with Crippen LogP contribution in [0.25, 0.3) is 0 Å². The molecule has 0 atom stereocenters. The van der Waals surface area contributed by atoms with Crippen LogP contribution in [-0.4, -0.2) is 13.9 Å². The lowest BCUT2D eigenvalue weighted by atomic mass is 10.3. The predicted octanol–water partition coefficient (Wildman–Crippen LogP) is 2.69. The molecule has 1 heterocycles. The van der Waals surface area contributed by atoms with E-state index in [-0.39, 0.29) is 16.8 Å². The Kier molecular flexibility index (Phi) is 2.51. The molecule has 6 heteroatoms. The number of aromatic hydroxyl groups is 1. The lowest BCUT2D eigenvalue weighted by molar-refractivity contribution is 0.457. The summed E-state index contributed by atoms with van der Waals surface area (Å²) in [6, 6.07) is 6.27. The zero-order chi connectivity index (χ0) is 9.97. The van der Waals surface area contributed by atoms with Crippen molar-refractivity contribution >= 4 is 23.3 Å². The molecule has 0 saturated carbocycles. The first-order valence-electron chi connectivity index (χ1n) is 3.70. The highest BCUT2D eigenvalue weighted by molar-refractivity contribution is 6.99. The molecule has 0 bridgehead atoms. The zero-order valence-electron chi connectivity index (χ0n) is 6.85. The molecule has 1 aromatic heterocycles. The third-order valence-electron chi connectivity index (χ3n) is 1.47. The molecule has 1 aromatic carbocycles. The summed E-state index contributed by atoms with van der Waals surface area (Å²) in [5.74, 6) is 1.01. The van der Waals surface area contributed by atoms with Crippen molar-refractivity contribution in [2.75, 3.05) is 0 Å². The first-order chi connectivity index (χ1) is 6.75. The number of aromatic nitrogens is 2.